The van der Waals surface area contributed by atoms with Crippen LogP contribution in [-0.4, -0.2) is 15.0 Å². The summed E-state index contributed by atoms with van der Waals surface area (Å²) < 4.78 is 145. The summed E-state index contributed by atoms with van der Waals surface area (Å²) in [5.41, 5.74) is -1.33. The van der Waals surface area contributed by atoms with Crippen LogP contribution in [0.1, 0.15) is 20.6 Å². The van der Waals surface area contributed by atoms with E-state index in [0.29, 0.717) is 22.3 Å². The molecule has 0 amide bonds. The average Bonchev–Trinajstić information content (AvgIpc) is 3.90. The van der Waals surface area contributed by atoms with Crippen molar-refractivity contribution in [1.29, 1.82) is 0 Å². The summed E-state index contributed by atoms with van der Waals surface area (Å²) >= 11 is 0. The molecule has 50 heavy (non-hydrogen) atoms. The summed E-state index contributed by atoms with van der Waals surface area (Å²) in [5, 5.41) is 1.15. The predicted octanol–water partition coefficient (Wildman–Crippen LogP) is 12.0. The first kappa shape index (κ1) is 17.0. The van der Waals surface area contributed by atoms with Crippen molar-refractivity contribution < 1.29 is 29.4 Å². The highest BCUT2D eigenvalue weighted by Gasteiger charge is 2.15. The van der Waals surface area contributed by atoms with Gasteiger partial charge in [0.15, 0.2) is 17.5 Å². The van der Waals surface area contributed by atoms with E-state index in [1.54, 1.807) is 42.5 Å². The van der Waals surface area contributed by atoms with Crippen molar-refractivity contribution in [2.75, 3.05) is 0 Å². The van der Waals surface area contributed by atoms with Gasteiger partial charge in [0.05, 0.1) is 20.6 Å². The highest BCUT2D eigenvalue weighted by Crippen LogP contribution is 2.35. The highest BCUT2D eigenvalue weighted by atomic mass is 16.3. The minimum atomic E-state index is -0.854. The monoisotopic (exact) mass is 656 g/mol. The van der Waals surface area contributed by atoms with Gasteiger partial charge in [-0.05, 0) is 64.6 Å². The van der Waals surface area contributed by atoms with Crippen LogP contribution in [0.25, 0.3) is 100 Å². The summed E-state index contributed by atoms with van der Waals surface area (Å²) in [5.74, 6) is 0.0383. The first-order valence-electron chi connectivity index (χ1n) is 22.9. The molecule has 0 spiro atoms. The fourth-order valence-electron chi connectivity index (χ4n) is 5.77. The maximum atomic E-state index is 9.40. The number of benzene rings is 7. The number of hydrogen-bond acceptors (Lipinski definition) is 5. The Morgan fingerprint density at radius 3 is 1.84 bits per heavy atom. The number of rotatable bonds is 5. The minimum Gasteiger partial charge on any atom is -0.456 e. The van der Waals surface area contributed by atoms with Gasteiger partial charge < -0.3 is 8.83 Å². The molecular formula is C45H27N3O2. The molecule has 234 valence electrons. The smallest absolute Gasteiger partial charge is 0.164 e. The lowest BCUT2D eigenvalue weighted by atomic mass is 9.97. The standard InChI is InChI=1S/C45H27N3O2/c1-2-9-29(10-3-1)43-46-44(48-45(47-43)34-21-23-37-35-13-4-6-15-39(35)50-42(37)27-34)30-19-17-28(18-20-30)31-11-8-12-32(25-31)33-22-24-41-38(26-33)36-14-5-7-16-40(36)49-41/h1-27H/i5D,7D,8D,11D,12D,14D,16D,17D,18D,19D,20D,22D,24D,25D,26D. The van der Waals surface area contributed by atoms with Gasteiger partial charge in [0.25, 0.3) is 0 Å². The predicted molar refractivity (Wildman–Crippen MR) is 202 cm³/mol. The van der Waals surface area contributed by atoms with E-state index in [4.69, 9.17) is 26.2 Å². The molecule has 0 saturated heterocycles. The maximum Gasteiger partial charge on any atom is 0.164 e. The summed E-state index contributed by atoms with van der Waals surface area (Å²) in [4.78, 5) is 14.0. The van der Waals surface area contributed by atoms with Crippen LogP contribution in [0, 0.1) is 0 Å². The molecule has 3 heterocycles. The van der Waals surface area contributed by atoms with Gasteiger partial charge >= 0.3 is 0 Å². The molecule has 3 aromatic heterocycles. The van der Waals surface area contributed by atoms with Crippen LogP contribution < -0.4 is 0 Å². The van der Waals surface area contributed by atoms with Gasteiger partial charge in [-0.25, -0.2) is 15.0 Å². The first-order valence-corrected chi connectivity index (χ1v) is 15.4. The first-order chi connectivity index (χ1) is 31.0. The SMILES string of the molecule is [2H]c1c([2H])c(-c2c([2H])c([2H])c(-c3nc(-c4ccccc4)nc(-c4ccc5c(c4)oc4ccccc45)n3)c([2H])c2[2H])c([2H])c(-c2c([2H])c([2H])c3oc4c([2H])c([2H])c([2H])c([2H])c4c3c2[2H])c1[2H]. The Bertz CT molecular complexity index is 3710. The average molecular weight is 657 g/mol. The van der Waals surface area contributed by atoms with Gasteiger partial charge in [0.1, 0.15) is 22.3 Å². The van der Waals surface area contributed by atoms with Crippen LogP contribution in [0.4, 0.5) is 0 Å². The van der Waals surface area contributed by atoms with E-state index in [-0.39, 0.29) is 39.4 Å². The van der Waals surface area contributed by atoms with Gasteiger partial charge in [-0.3, -0.25) is 0 Å². The molecule has 0 aliphatic carbocycles. The molecular weight excluding hydrogens is 615 g/mol. The molecule has 0 aliphatic heterocycles. The van der Waals surface area contributed by atoms with Crippen molar-refractivity contribution in [3.63, 3.8) is 0 Å². The Morgan fingerprint density at radius 1 is 0.360 bits per heavy atom. The van der Waals surface area contributed by atoms with Crippen molar-refractivity contribution in [1.82, 2.24) is 15.0 Å². The Labute approximate surface area is 308 Å². The van der Waals surface area contributed by atoms with Crippen molar-refractivity contribution in [2.24, 2.45) is 0 Å². The number of nitrogens with zero attached hydrogens (tertiary/aromatic N) is 3. The van der Waals surface area contributed by atoms with Crippen LogP contribution >= 0.6 is 0 Å². The largest absolute Gasteiger partial charge is 0.456 e. The second-order valence-electron chi connectivity index (χ2n) is 11.2. The Kier molecular flexibility index (Phi) is 3.87. The second kappa shape index (κ2) is 11.4. The van der Waals surface area contributed by atoms with Crippen molar-refractivity contribution >= 4 is 43.9 Å². The van der Waals surface area contributed by atoms with Crippen molar-refractivity contribution in [3.8, 4) is 56.4 Å². The topological polar surface area (TPSA) is 65.0 Å². The fourth-order valence-corrected chi connectivity index (χ4v) is 5.77. The lowest BCUT2D eigenvalue weighted by Crippen LogP contribution is -2.00. The van der Waals surface area contributed by atoms with E-state index >= 15 is 0 Å². The van der Waals surface area contributed by atoms with E-state index in [1.807, 2.05) is 30.3 Å². The molecule has 0 radical (unpaired) electrons. The molecule has 10 aromatic rings. The molecule has 0 saturated carbocycles. The molecule has 10 rings (SSSR count). The summed E-state index contributed by atoms with van der Waals surface area (Å²) in [6.07, 6.45) is 0. The molecule has 0 bridgehead atoms. The van der Waals surface area contributed by atoms with Crippen LogP contribution in [0.15, 0.2) is 172 Å². The van der Waals surface area contributed by atoms with Crippen LogP contribution in [-0.2, 0) is 0 Å². The van der Waals surface area contributed by atoms with Crippen LogP contribution in [0.2, 0.25) is 0 Å². The molecule has 7 aromatic carbocycles. The molecule has 5 nitrogen and oxygen atoms in total. The van der Waals surface area contributed by atoms with E-state index in [1.165, 1.54) is 0 Å². The van der Waals surface area contributed by atoms with Gasteiger partial charge in [-0.2, -0.15) is 0 Å². The Balaban J connectivity index is 1.19. The van der Waals surface area contributed by atoms with Crippen molar-refractivity contribution in [2.45, 2.75) is 0 Å². The van der Waals surface area contributed by atoms with Gasteiger partial charge in [0.2, 0.25) is 0 Å². The Morgan fingerprint density at radius 2 is 0.980 bits per heavy atom. The minimum absolute atomic E-state index is 0.123. The zero-order valence-electron chi connectivity index (χ0n) is 40.6. The summed E-state index contributed by atoms with van der Waals surface area (Å²) in [6, 6.07) is 10.9. The number of hydrogen-bond donors (Lipinski definition) is 0. The zero-order chi connectivity index (χ0) is 46.1. The van der Waals surface area contributed by atoms with E-state index < -0.39 is 118 Å². The molecule has 0 atom stereocenters. The third-order valence-corrected chi connectivity index (χ3v) is 8.16. The van der Waals surface area contributed by atoms with E-state index in [9.17, 15) is 8.22 Å². The molecule has 0 aliphatic rings. The van der Waals surface area contributed by atoms with E-state index in [2.05, 4.69) is 9.97 Å². The highest BCUT2D eigenvalue weighted by molar-refractivity contribution is 6.07. The fraction of sp³-hybridized carbons (Fsp3) is 0. The van der Waals surface area contributed by atoms with Crippen molar-refractivity contribution in [3.05, 3.63) is 163 Å². The third kappa shape index (κ3) is 4.83. The third-order valence-electron chi connectivity index (χ3n) is 8.16. The number of furan rings is 2. The van der Waals surface area contributed by atoms with Crippen LogP contribution in [0.3, 0.4) is 0 Å². The normalized spacial score (nSPS) is 15.8. The molecule has 0 fully saturated rings. The second-order valence-corrected chi connectivity index (χ2v) is 11.2. The van der Waals surface area contributed by atoms with Gasteiger partial charge in [0, 0.05) is 38.2 Å². The Hall–Kier alpha value is -6.85. The lowest BCUT2D eigenvalue weighted by Gasteiger charge is -2.10. The van der Waals surface area contributed by atoms with Crippen LogP contribution in [0.5, 0.6) is 0 Å². The van der Waals surface area contributed by atoms with Gasteiger partial charge in [-0.1, -0.05) is 121 Å². The molecule has 5 heteroatoms. The van der Waals surface area contributed by atoms with E-state index in [0.717, 1.165) is 10.8 Å². The summed E-state index contributed by atoms with van der Waals surface area (Å²) in [6.45, 7) is 0. The number of aromatic nitrogens is 3. The molecule has 0 N–H and O–H groups in total. The quantitative estimate of drug-likeness (QED) is 0.184. The number of fused-ring (bicyclic) bond motifs is 6. The maximum absolute atomic E-state index is 9.40. The van der Waals surface area contributed by atoms with Gasteiger partial charge in [-0.15, -0.1) is 0 Å². The lowest BCUT2D eigenvalue weighted by molar-refractivity contribution is 0.668. The molecule has 0 unspecified atom stereocenters. The zero-order valence-corrected chi connectivity index (χ0v) is 25.6. The number of para-hydroxylation sites is 2. The summed E-state index contributed by atoms with van der Waals surface area (Å²) in [7, 11) is 0.